The molecule has 0 radical (unpaired) electrons. The fraction of sp³-hybridized carbons (Fsp3) is 0. The molecule has 4 rings (SSSR count). The molecule has 1 heterocycles. The fourth-order valence-corrected chi connectivity index (χ4v) is 3.08. The van der Waals surface area contributed by atoms with Crippen molar-refractivity contribution in [1.82, 2.24) is 0 Å². The normalized spacial score (nSPS) is 10.5. The van der Waals surface area contributed by atoms with Crippen molar-refractivity contribution in [3.05, 3.63) is 111 Å². The molecule has 0 aliphatic heterocycles. The lowest BCUT2D eigenvalue weighted by atomic mass is 10.0. The average molecular weight is 399 g/mol. The summed E-state index contributed by atoms with van der Waals surface area (Å²) < 4.78 is 6.07. The van der Waals surface area contributed by atoms with E-state index >= 15 is 0 Å². The van der Waals surface area contributed by atoms with Gasteiger partial charge >= 0.3 is 11.5 Å². The van der Waals surface area contributed by atoms with Crippen molar-refractivity contribution in [2.75, 3.05) is 0 Å². The molecule has 7 heteroatoms. The van der Waals surface area contributed by atoms with Gasteiger partial charge < -0.3 is 0 Å². The van der Waals surface area contributed by atoms with Crippen LogP contribution in [0.25, 0.3) is 33.8 Å². The highest BCUT2D eigenvalue weighted by molar-refractivity contribution is 5.75. The molecule has 3 aromatic carbocycles. The van der Waals surface area contributed by atoms with Gasteiger partial charge in [-0.1, -0.05) is 30.3 Å². The number of non-ortho nitro benzene ring substituents is 2. The summed E-state index contributed by atoms with van der Waals surface area (Å²) in [7, 11) is 0. The highest BCUT2D eigenvalue weighted by Crippen LogP contribution is 2.34. The molecule has 0 saturated heterocycles. The molecule has 0 fully saturated rings. The molecule has 0 aliphatic rings. The van der Waals surface area contributed by atoms with Crippen molar-refractivity contribution in [2.45, 2.75) is 0 Å². The van der Waals surface area contributed by atoms with Crippen molar-refractivity contribution >= 4 is 11.4 Å². The molecular formula is C23H15N2O5+. The van der Waals surface area contributed by atoms with Crippen LogP contribution in [0, 0.1) is 20.2 Å². The number of hydrogen-bond donors (Lipinski definition) is 0. The van der Waals surface area contributed by atoms with E-state index in [1.807, 2.05) is 42.5 Å². The van der Waals surface area contributed by atoms with E-state index < -0.39 is 9.85 Å². The summed E-state index contributed by atoms with van der Waals surface area (Å²) in [6.07, 6.45) is 0. The molecule has 7 nitrogen and oxygen atoms in total. The van der Waals surface area contributed by atoms with E-state index in [1.54, 1.807) is 24.3 Å². The number of nitro benzene ring substituents is 2. The van der Waals surface area contributed by atoms with E-state index in [9.17, 15) is 20.2 Å². The van der Waals surface area contributed by atoms with E-state index in [4.69, 9.17) is 4.42 Å². The first-order valence-electron chi connectivity index (χ1n) is 9.04. The highest BCUT2D eigenvalue weighted by atomic mass is 16.6. The molecule has 0 bridgehead atoms. The first-order chi connectivity index (χ1) is 14.5. The fourth-order valence-electron chi connectivity index (χ4n) is 3.08. The summed E-state index contributed by atoms with van der Waals surface area (Å²) in [5.41, 5.74) is 3.22. The van der Waals surface area contributed by atoms with Crippen LogP contribution < -0.4 is 0 Å². The summed E-state index contributed by atoms with van der Waals surface area (Å²) in [4.78, 5) is 21.0. The third kappa shape index (κ3) is 3.90. The first-order valence-corrected chi connectivity index (χ1v) is 9.04. The van der Waals surface area contributed by atoms with Crippen molar-refractivity contribution in [1.29, 1.82) is 0 Å². The Bertz CT molecular complexity index is 1150. The molecule has 0 amide bonds. The van der Waals surface area contributed by atoms with Crippen molar-refractivity contribution < 1.29 is 14.3 Å². The third-order valence-electron chi connectivity index (χ3n) is 4.63. The Morgan fingerprint density at radius 1 is 0.533 bits per heavy atom. The lowest BCUT2D eigenvalue weighted by Gasteiger charge is -2.02. The van der Waals surface area contributed by atoms with Gasteiger partial charge in [0.2, 0.25) is 0 Å². The lowest BCUT2D eigenvalue weighted by Crippen LogP contribution is -1.90. The zero-order valence-electron chi connectivity index (χ0n) is 15.6. The molecule has 0 spiro atoms. The van der Waals surface area contributed by atoms with Crippen LogP contribution in [0.4, 0.5) is 11.4 Å². The minimum atomic E-state index is -0.455. The van der Waals surface area contributed by atoms with Crippen LogP contribution in [0.3, 0.4) is 0 Å². The van der Waals surface area contributed by atoms with Gasteiger partial charge in [-0.25, -0.2) is 4.42 Å². The van der Waals surface area contributed by atoms with Crippen LogP contribution >= 0.6 is 0 Å². The largest absolute Gasteiger partial charge is 0.361 e. The quantitative estimate of drug-likeness (QED) is 0.220. The number of nitrogens with zero attached hydrogens (tertiary/aromatic N) is 2. The van der Waals surface area contributed by atoms with Gasteiger partial charge in [-0.15, -0.1) is 0 Å². The smallest absolute Gasteiger partial charge is 0.258 e. The summed E-state index contributed by atoms with van der Waals surface area (Å²) >= 11 is 0. The van der Waals surface area contributed by atoms with E-state index in [-0.39, 0.29) is 11.4 Å². The van der Waals surface area contributed by atoms with Crippen LogP contribution in [-0.2, 0) is 0 Å². The van der Waals surface area contributed by atoms with Crippen molar-refractivity contribution in [3.63, 3.8) is 0 Å². The molecule has 0 unspecified atom stereocenters. The third-order valence-corrected chi connectivity index (χ3v) is 4.63. The SMILES string of the molecule is O=[N+]([O-])c1ccc(-c2cc(-c3ccccc3)cc(-c3ccc([N+](=O)[O-])cc3)[o+]2)cc1. The second kappa shape index (κ2) is 7.92. The minimum absolute atomic E-state index is 0.00597. The summed E-state index contributed by atoms with van der Waals surface area (Å²) in [6, 6.07) is 25.7. The van der Waals surface area contributed by atoms with Gasteiger partial charge in [0.15, 0.2) is 0 Å². The zero-order chi connectivity index (χ0) is 21.1. The van der Waals surface area contributed by atoms with Crippen molar-refractivity contribution in [2.24, 2.45) is 0 Å². The maximum absolute atomic E-state index is 10.9. The van der Waals surface area contributed by atoms with Gasteiger partial charge in [0.05, 0.1) is 33.1 Å². The van der Waals surface area contributed by atoms with Gasteiger partial charge in [0.25, 0.3) is 11.4 Å². The van der Waals surface area contributed by atoms with Gasteiger partial charge in [0, 0.05) is 29.8 Å². The number of rotatable bonds is 5. The van der Waals surface area contributed by atoms with Crippen LogP contribution in [0.1, 0.15) is 0 Å². The van der Waals surface area contributed by atoms with Crippen LogP contribution in [0.15, 0.2) is 95.4 Å². The second-order valence-corrected chi connectivity index (χ2v) is 6.55. The zero-order valence-corrected chi connectivity index (χ0v) is 15.6. The Morgan fingerprint density at radius 3 is 1.37 bits per heavy atom. The summed E-state index contributed by atoms with van der Waals surface area (Å²) in [5.74, 6) is 1.05. The van der Waals surface area contributed by atoms with E-state index in [2.05, 4.69) is 0 Å². The molecular weight excluding hydrogens is 384 g/mol. The van der Waals surface area contributed by atoms with Crippen LogP contribution in [0.2, 0.25) is 0 Å². The molecule has 0 saturated carbocycles. The summed E-state index contributed by atoms with van der Waals surface area (Å²) in [5, 5.41) is 21.9. The van der Waals surface area contributed by atoms with Crippen LogP contribution in [-0.4, -0.2) is 9.85 Å². The van der Waals surface area contributed by atoms with Gasteiger partial charge in [-0.05, 0) is 29.8 Å². The summed E-state index contributed by atoms with van der Waals surface area (Å²) in [6.45, 7) is 0. The lowest BCUT2D eigenvalue weighted by molar-refractivity contribution is -0.385. The number of benzene rings is 3. The van der Waals surface area contributed by atoms with Crippen LogP contribution in [0.5, 0.6) is 0 Å². The molecule has 146 valence electrons. The molecule has 30 heavy (non-hydrogen) atoms. The van der Waals surface area contributed by atoms with Gasteiger partial charge in [-0.2, -0.15) is 0 Å². The van der Waals surface area contributed by atoms with Crippen molar-refractivity contribution in [3.8, 4) is 33.8 Å². The predicted molar refractivity (Wildman–Crippen MR) is 113 cm³/mol. The maximum atomic E-state index is 10.9. The number of hydrogen-bond acceptors (Lipinski definition) is 4. The van der Waals surface area contributed by atoms with E-state index in [1.165, 1.54) is 24.3 Å². The Hall–Kier alpha value is -4.39. The highest BCUT2D eigenvalue weighted by Gasteiger charge is 2.22. The Labute approximate surface area is 171 Å². The molecule has 0 atom stereocenters. The van der Waals surface area contributed by atoms with Gasteiger partial charge in [-0.3, -0.25) is 20.2 Å². The predicted octanol–water partition coefficient (Wildman–Crippen LogP) is 6.38. The Kier molecular flexibility index (Phi) is 5.00. The van der Waals surface area contributed by atoms with E-state index in [0.29, 0.717) is 22.6 Å². The molecule has 1 aromatic heterocycles. The van der Waals surface area contributed by atoms with E-state index in [0.717, 1.165) is 11.1 Å². The topological polar surface area (TPSA) is 97.6 Å². The monoisotopic (exact) mass is 399 g/mol. The number of nitro groups is 2. The Balaban J connectivity index is 1.84. The molecule has 0 N–H and O–H groups in total. The maximum Gasteiger partial charge on any atom is 0.361 e. The molecule has 4 aromatic rings. The van der Waals surface area contributed by atoms with Gasteiger partial charge in [0.1, 0.15) is 0 Å². The average Bonchev–Trinajstić information content (AvgIpc) is 2.79. The second-order valence-electron chi connectivity index (χ2n) is 6.55. The standard InChI is InChI=1S/C23H15N2O5/c26-24(27)20-10-6-17(7-11-20)22-14-19(16-4-2-1-3-5-16)15-23(30-22)18-8-12-21(13-9-18)25(28)29/h1-15H/q+1. The first kappa shape index (κ1) is 18.9. The molecule has 0 aliphatic carbocycles. The minimum Gasteiger partial charge on any atom is -0.258 e. The Morgan fingerprint density at radius 2 is 0.967 bits per heavy atom.